The number of halogens is 6. The van der Waals surface area contributed by atoms with E-state index < -0.39 is 0 Å². The highest BCUT2D eigenvalue weighted by Gasteiger charge is 2.22. The molecule has 0 N–H and O–H groups in total. The summed E-state index contributed by atoms with van der Waals surface area (Å²) in [6.45, 7) is 0. The molecule has 0 unspecified atom stereocenters. The van der Waals surface area contributed by atoms with Gasteiger partial charge in [-0.3, -0.25) is 0 Å². The monoisotopic (exact) mass is 404 g/mol. The maximum absolute atomic E-state index is 6.32. The van der Waals surface area contributed by atoms with Gasteiger partial charge in [0.15, 0.2) is 0 Å². The second-order valence-corrected chi connectivity index (χ2v) is 6.96. The summed E-state index contributed by atoms with van der Waals surface area (Å²) in [7, 11) is 0. The van der Waals surface area contributed by atoms with Crippen LogP contribution < -0.4 is 0 Å². The van der Waals surface area contributed by atoms with Crippen molar-refractivity contribution >= 4 is 81.4 Å². The van der Waals surface area contributed by atoms with Crippen molar-refractivity contribution < 1.29 is 0 Å². The molecule has 0 bridgehead atoms. The molecule has 20 heavy (non-hydrogen) atoms. The van der Waals surface area contributed by atoms with E-state index in [-0.39, 0.29) is 10.0 Å². The molecule has 0 aromatic heterocycles. The molecule has 0 amide bonds. The third-order valence-corrected chi connectivity index (χ3v) is 5.92. The molecule has 2 rings (SSSR count). The van der Waals surface area contributed by atoms with Crippen LogP contribution in [0.25, 0.3) is 11.1 Å². The van der Waals surface area contributed by atoms with Crippen LogP contribution in [0.2, 0.25) is 30.1 Å². The minimum Gasteiger partial charge on any atom is -0.127 e. The van der Waals surface area contributed by atoms with E-state index in [4.69, 9.17) is 69.6 Å². The van der Waals surface area contributed by atoms with Gasteiger partial charge in [0, 0.05) is 26.1 Å². The topological polar surface area (TPSA) is 0 Å². The van der Waals surface area contributed by atoms with Crippen molar-refractivity contribution in [3.63, 3.8) is 0 Å². The highest BCUT2D eigenvalue weighted by Crippen LogP contribution is 2.50. The van der Waals surface area contributed by atoms with Gasteiger partial charge in [0.1, 0.15) is 0 Å². The van der Waals surface area contributed by atoms with E-state index in [1.165, 1.54) is 11.8 Å². The van der Waals surface area contributed by atoms with Gasteiger partial charge in [0.25, 0.3) is 0 Å². The summed E-state index contributed by atoms with van der Waals surface area (Å²) in [6, 6.07) is 5.10. The van der Waals surface area contributed by atoms with Gasteiger partial charge in [-0.05, 0) is 24.5 Å². The average Bonchev–Trinajstić information content (AvgIpc) is 2.43. The van der Waals surface area contributed by atoms with Crippen LogP contribution in [0.1, 0.15) is 0 Å². The molecule has 0 spiro atoms. The van der Waals surface area contributed by atoms with Crippen LogP contribution in [0.5, 0.6) is 0 Å². The molecule has 0 heterocycles. The van der Waals surface area contributed by atoms with Crippen molar-refractivity contribution in [1.29, 1.82) is 0 Å². The van der Waals surface area contributed by atoms with E-state index in [1.807, 2.05) is 6.26 Å². The molecular weight excluding hydrogens is 401 g/mol. The van der Waals surface area contributed by atoms with E-state index in [0.29, 0.717) is 36.1 Å². The van der Waals surface area contributed by atoms with Gasteiger partial charge < -0.3 is 0 Å². The highest BCUT2D eigenvalue weighted by molar-refractivity contribution is 7.98. The summed E-state index contributed by atoms with van der Waals surface area (Å²) in [5.41, 5.74) is 1.29. The number of rotatable bonds is 2. The maximum atomic E-state index is 6.32. The zero-order valence-electron chi connectivity index (χ0n) is 9.91. The molecule has 106 valence electrons. The van der Waals surface area contributed by atoms with Crippen LogP contribution in [0.3, 0.4) is 0 Å². The Morgan fingerprint density at radius 2 is 1.40 bits per heavy atom. The molecule has 0 aliphatic heterocycles. The number of hydrogen-bond acceptors (Lipinski definition) is 1. The zero-order chi connectivity index (χ0) is 15.0. The second kappa shape index (κ2) is 6.75. The van der Waals surface area contributed by atoms with Gasteiger partial charge in [-0.1, -0.05) is 69.6 Å². The predicted molar refractivity (Wildman–Crippen MR) is 93.7 cm³/mol. The quantitative estimate of drug-likeness (QED) is 0.276. The summed E-state index contributed by atoms with van der Waals surface area (Å²) in [5, 5.41) is 2.11. The molecule has 0 fully saturated rings. The Morgan fingerprint density at radius 1 is 0.800 bits per heavy atom. The number of thioether (sulfide) groups is 1. The van der Waals surface area contributed by atoms with E-state index in [0.717, 1.165) is 0 Å². The summed E-state index contributed by atoms with van der Waals surface area (Å²) >= 11 is 38.4. The van der Waals surface area contributed by atoms with Gasteiger partial charge in [0.05, 0.1) is 20.1 Å². The lowest BCUT2D eigenvalue weighted by Gasteiger charge is -2.16. The first-order valence-electron chi connectivity index (χ1n) is 5.23. The van der Waals surface area contributed by atoms with Crippen LogP contribution in [0.15, 0.2) is 23.1 Å². The SMILES string of the molecule is CSc1c(Cl)c(Cl)c(Cl)c(Cl)c1-c1cc(Cl)ccc1Cl. The summed E-state index contributed by atoms with van der Waals surface area (Å²) in [4.78, 5) is 0.704. The van der Waals surface area contributed by atoms with Crippen LogP contribution in [-0.2, 0) is 0 Å². The normalized spacial score (nSPS) is 10.9. The maximum Gasteiger partial charge on any atom is 0.0805 e. The van der Waals surface area contributed by atoms with E-state index >= 15 is 0 Å². The van der Waals surface area contributed by atoms with Gasteiger partial charge >= 0.3 is 0 Å². The molecule has 0 nitrogen and oxygen atoms in total. The van der Waals surface area contributed by atoms with Gasteiger partial charge in [-0.2, -0.15) is 0 Å². The fourth-order valence-corrected chi connectivity index (χ4v) is 4.11. The van der Waals surface area contributed by atoms with E-state index in [1.54, 1.807) is 18.2 Å². The van der Waals surface area contributed by atoms with E-state index in [2.05, 4.69) is 0 Å². The molecule has 0 aliphatic carbocycles. The Bertz CT molecular complexity index is 683. The first kappa shape index (κ1) is 16.9. The molecular formula is C13H6Cl6S. The molecule has 0 radical (unpaired) electrons. The van der Waals surface area contributed by atoms with E-state index in [9.17, 15) is 0 Å². The van der Waals surface area contributed by atoms with Crippen LogP contribution >= 0.6 is 81.4 Å². The molecule has 2 aromatic rings. The Kier molecular flexibility index (Phi) is 5.70. The minimum atomic E-state index is 0.196. The zero-order valence-corrected chi connectivity index (χ0v) is 15.3. The Balaban J connectivity index is 2.89. The molecule has 0 atom stereocenters. The summed E-state index contributed by atoms with van der Waals surface area (Å²) in [6.07, 6.45) is 1.86. The lowest BCUT2D eigenvalue weighted by atomic mass is 10.1. The van der Waals surface area contributed by atoms with Crippen LogP contribution in [0, 0.1) is 0 Å². The standard InChI is InChI=1S/C13H6Cl6S/c1-20-13-8(6-4-5(14)2-3-7(6)15)9(16)10(17)11(18)12(13)19/h2-4H,1H3. The first-order valence-corrected chi connectivity index (χ1v) is 8.73. The van der Waals surface area contributed by atoms with Gasteiger partial charge in [-0.25, -0.2) is 0 Å². The van der Waals surface area contributed by atoms with Crippen molar-refractivity contribution in [2.24, 2.45) is 0 Å². The Labute approximate surface area is 151 Å². The van der Waals surface area contributed by atoms with Crippen LogP contribution in [-0.4, -0.2) is 6.26 Å². The van der Waals surface area contributed by atoms with Crippen molar-refractivity contribution in [2.45, 2.75) is 4.90 Å². The Morgan fingerprint density at radius 3 is 2.00 bits per heavy atom. The van der Waals surface area contributed by atoms with Crippen molar-refractivity contribution in [3.05, 3.63) is 48.3 Å². The second-order valence-electron chi connectivity index (χ2n) is 3.79. The van der Waals surface area contributed by atoms with Crippen molar-refractivity contribution in [3.8, 4) is 11.1 Å². The number of benzene rings is 2. The molecule has 2 aromatic carbocycles. The van der Waals surface area contributed by atoms with Gasteiger partial charge in [0.2, 0.25) is 0 Å². The largest absolute Gasteiger partial charge is 0.127 e. The third-order valence-electron chi connectivity index (χ3n) is 2.63. The van der Waals surface area contributed by atoms with Crippen molar-refractivity contribution in [1.82, 2.24) is 0 Å². The first-order chi connectivity index (χ1) is 9.38. The van der Waals surface area contributed by atoms with Crippen LogP contribution in [0.4, 0.5) is 0 Å². The fourth-order valence-electron chi connectivity index (χ4n) is 1.73. The summed E-state index contributed by atoms with van der Waals surface area (Å²) < 4.78 is 0. The number of hydrogen-bond donors (Lipinski definition) is 0. The smallest absolute Gasteiger partial charge is 0.0805 e. The lowest BCUT2D eigenvalue weighted by molar-refractivity contribution is 1.44. The average molecular weight is 407 g/mol. The Hall–Kier alpha value is 0.530. The molecule has 7 heteroatoms. The summed E-state index contributed by atoms with van der Waals surface area (Å²) in [5.74, 6) is 0. The lowest BCUT2D eigenvalue weighted by Crippen LogP contribution is -1.90. The van der Waals surface area contributed by atoms with Gasteiger partial charge in [-0.15, -0.1) is 11.8 Å². The molecule has 0 saturated heterocycles. The third kappa shape index (κ3) is 3.01. The van der Waals surface area contributed by atoms with Crippen molar-refractivity contribution in [2.75, 3.05) is 6.26 Å². The highest BCUT2D eigenvalue weighted by atomic mass is 35.5. The fraction of sp³-hybridized carbons (Fsp3) is 0.0769. The predicted octanol–water partition coefficient (Wildman–Crippen LogP) is 8.00. The minimum absolute atomic E-state index is 0.196. The molecule has 0 aliphatic rings. The molecule has 0 saturated carbocycles.